The number of phenolic OH excluding ortho intramolecular Hbond substituents is 1. The van der Waals surface area contributed by atoms with Crippen LogP contribution in [0.4, 0.5) is 0 Å². The predicted molar refractivity (Wildman–Crippen MR) is 107 cm³/mol. The van der Waals surface area contributed by atoms with Crippen molar-refractivity contribution in [1.82, 2.24) is 9.80 Å². The average molecular weight is 389 g/mol. The minimum Gasteiger partial charge on any atom is -0.507 e. The fourth-order valence-corrected chi connectivity index (χ4v) is 4.20. The van der Waals surface area contributed by atoms with Gasteiger partial charge in [-0.1, -0.05) is 19.9 Å². The van der Waals surface area contributed by atoms with Gasteiger partial charge in [0.1, 0.15) is 5.75 Å². The van der Waals surface area contributed by atoms with Gasteiger partial charge in [0.25, 0.3) is 5.91 Å². The zero-order valence-electron chi connectivity index (χ0n) is 17.4. The van der Waals surface area contributed by atoms with Gasteiger partial charge in [-0.3, -0.25) is 9.59 Å². The topological polar surface area (TPSA) is 70.1 Å². The van der Waals surface area contributed by atoms with E-state index in [1.807, 2.05) is 38.7 Å². The Labute approximate surface area is 167 Å². The fourth-order valence-electron chi connectivity index (χ4n) is 4.20. The summed E-state index contributed by atoms with van der Waals surface area (Å²) in [5, 5.41) is 10.3. The molecule has 2 fully saturated rings. The highest BCUT2D eigenvalue weighted by Gasteiger charge is 2.34. The van der Waals surface area contributed by atoms with Crippen LogP contribution in [0.15, 0.2) is 18.2 Å². The van der Waals surface area contributed by atoms with Crippen LogP contribution < -0.4 is 0 Å². The van der Waals surface area contributed by atoms with Crippen molar-refractivity contribution in [1.29, 1.82) is 0 Å². The molecule has 2 saturated heterocycles. The number of carbonyl (C=O) groups is 2. The Bertz CT molecular complexity index is 715. The molecule has 2 amide bonds. The van der Waals surface area contributed by atoms with E-state index in [0.717, 1.165) is 5.56 Å². The largest absolute Gasteiger partial charge is 0.507 e. The number of hydrogen-bond acceptors (Lipinski definition) is 4. The Morgan fingerprint density at radius 3 is 2.21 bits per heavy atom. The van der Waals surface area contributed by atoms with Gasteiger partial charge in [0.2, 0.25) is 5.91 Å². The Balaban J connectivity index is 1.59. The highest BCUT2D eigenvalue weighted by molar-refractivity contribution is 5.97. The first kappa shape index (κ1) is 20.6. The summed E-state index contributed by atoms with van der Waals surface area (Å²) < 4.78 is 5.72. The first-order valence-electron chi connectivity index (χ1n) is 10.3. The van der Waals surface area contributed by atoms with Gasteiger partial charge in [-0.25, -0.2) is 0 Å². The number of likely N-dealkylation sites (tertiary alicyclic amines) is 1. The molecule has 2 atom stereocenters. The standard InChI is InChI=1S/C22H32N2O4/c1-14(2)18-5-6-19(20(25)11-18)22(27)23-9-7-17(8-10-23)21(26)24-12-15(3)28-16(4)13-24/h5-6,11,14-17,25H,7-10,12-13H2,1-4H3/t15-,16+. The van der Waals surface area contributed by atoms with Crippen molar-refractivity contribution >= 4 is 11.8 Å². The van der Waals surface area contributed by atoms with E-state index in [-0.39, 0.29) is 35.7 Å². The van der Waals surface area contributed by atoms with Crippen molar-refractivity contribution in [2.24, 2.45) is 5.92 Å². The van der Waals surface area contributed by atoms with E-state index in [9.17, 15) is 14.7 Å². The monoisotopic (exact) mass is 388 g/mol. The van der Waals surface area contributed by atoms with Crippen LogP contribution in [0.5, 0.6) is 5.75 Å². The lowest BCUT2D eigenvalue weighted by atomic mass is 9.94. The second kappa shape index (κ2) is 8.52. The molecule has 6 heteroatoms. The molecule has 6 nitrogen and oxygen atoms in total. The molecule has 1 aromatic rings. The molecule has 0 saturated carbocycles. The third-order valence-corrected chi connectivity index (χ3v) is 5.78. The summed E-state index contributed by atoms with van der Waals surface area (Å²) in [4.78, 5) is 29.4. The molecule has 2 aliphatic heterocycles. The molecule has 2 heterocycles. The van der Waals surface area contributed by atoms with Gasteiger partial charge in [-0.05, 0) is 50.3 Å². The molecule has 1 N–H and O–H groups in total. The maximum Gasteiger partial charge on any atom is 0.257 e. The molecule has 28 heavy (non-hydrogen) atoms. The summed E-state index contributed by atoms with van der Waals surface area (Å²) >= 11 is 0. The Kier molecular flexibility index (Phi) is 6.28. The van der Waals surface area contributed by atoms with Gasteiger partial charge in [-0.15, -0.1) is 0 Å². The van der Waals surface area contributed by atoms with Crippen LogP contribution in [0.25, 0.3) is 0 Å². The third kappa shape index (κ3) is 4.49. The summed E-state index contributed by atoms with van der Waals surface area (Å²) in [6, 6.07) is 5.28. The zero-order valence-corrected chi connectivity index (χ0v) is 17.4. The van der Waals surface area contributed by atoms with E-state index in [1.165, 1.54) is 0 Å². The second-order valence-corrected chi connectivity index (χ2v) is 8.50. The second-order valence-electron chi connectivity index (χ2n) is 8.50. The Morgan fingerprint density at radius 2 is 1.68 bits per heavy atom. The lowest BCUT2D eigenvalue weighted by Crippen LogP contribution is -2.51. The molecular weight excluding hydrogens is 356 g/mol. The van der Waals surface area contributed by atoms with Crippen LogP contribution in [-0.4, -0.2) is 65.1 Å². The molecule has 3 rings (SSSR count). The SMILES string of the molecule is CC(C)c1ccc(C(=O)N2CCC(C(=O)N3C[C@@H](C)O[C@@H](C)C3)CC2)c(O)c1. The fraction of sp³-hybridized carbons (Fsp3) is 0.636. The van der Waals surface area contributed by atoms with Gasteiger partial charge in [0.05, 0.1) is 17.8 Å². The van der Waals surface area contributed by atoms with E-state index < -0.39 is 0 Å². The highest BCUT2D eigenvalue weighted by Crippen LogP contribution is 2.27. The van der Waals surface area contributed by atoms with Crippen molar-refractivity contribution in [2.75, 3.05) is 26.2 Å². The number of hydrogen-bond donors (Lipinski definition) is 1. The maximum atomic E-state index is 12.9. The van der Waals surface area contributed by atoms with Crippen LogP contribution in [0.3, 0.4) is 0 Å². The number of benzene rings is 1. The number of aromatic hydroxyl groups is 1. The highest BCUT2D eigenvalue weighted by atomic mass is 16.5. The molecule has 2 aliphatic rings. The third-order valence-electron chi connectivity index (χ3n) is 5.78. The van der Waals surface area contributed by atoms with Crippen molar-refractivity contribution in [2.45, 2.75) is 58.7 Å². The van der Waals surface area contributed by atoms with Gasteiger partial charge in [0.15, 0.2) is 0 Å². The first-order chi connectivity index (χ1) is 13.3. The van der Waals surface area contributed by atoms with Crippen LogP contribution >= 0.6 is 0 Å². The number of ether oxygens (including phenoxy) is 1. The minimum absolute atomic E-state index is 0.0330. The smallest absolute Gasteiger partial charge is 0.257 e. The van der Waals surface area contributed by atoms with Crippen LogP contribution in [0.2, 0.25) is 0 Å². The molecule has 0 aliphatic carbocycles. The van der Waals surface area contributed by atoms with Crippen molar-refractivity contribution < 1.29 is 19.4 Å². The minimum atomic E-state index is -0.160. The number of carbonyl (C=O) groups excluding carboxylic acids is 2. The summed E-state index contributed by atoms with van der Waals surface area (Å²) in [7, 11) is 0. The van der Waals surface area contributed by atoms with E-state index >= 15 is 0 Å². The number of rotatable bonds is 3. The first-order valence-corrected chi connectivity index (χ1v) is 10.3. The van der Waals surface area contributed by atoms with Crippen LogP contribution in [0.1, 0.15) is 62.4 Å². The van der Waals surface area contributed by atoms with E-state index in [2.05, 4.69) is 0 Å². The van der Waals surface area contributed by atoms with Crippen LogP contribution in [0, 0.1) is 5.92 Å². The Hall–Kier alpha value is -2.08. The number of nitrogens with zero attached hydrogens (tertiary/aromatic N) is 2. The Morgan fingerprint density at radius 1 is 1.07 bits per heavy atom. The van der Waals surface area contributed by atoms with E-state index in [0.29, 0.717) is 50.5 Å². The number of morpholine rings is 1. The zero-order chi connectivity index (χ0) is 20.4. The van der Waals surface area contributed by atoms with E-state index in [4.69, 9.17) is 4.74 Å². The van der Waals surface area contributed by atoms with Gasteiger partial charge < -0.3 is 19.6 Å². The summed E-state index contributed by atoms with van der Waals surface area (Å²) in [6.45, 7) is 10.4. The molecule has 0 spiro atoms. The molecule has 0 aromatic heterocycles. The predicted octanol–water partition coefficient (Wildman–Crippen LogP) is 3.00. The van der Waals surface area contributed by atoms with Gasteiger partial charge in [-0.2, -0.15) is 0 Å². The molecular formula is C22H32N2O4. The van der Waals surface area contributed by atoms with Gasteiger partial charge >= 0.3 is 0 Å². The summed E-state index contributed by atoms with van der Waals surface area (Å²) in [5.74, 6) is 0.303. The van der Waals surface area contributed by atoms with Crippen molar-refractivity contribution in [3.8, 4) is 5.75 Å². The molecule has 0 unspecified atom stereocenters. The lowest BCUT2D eigenvalue weighted by molar-refractivity contribution is -0.148. The number of phenols is 1. The molecule has 0 radical (unpaired) electrons. The molecule has 0 bridgehead atoms. The summed E-state index contributed by atoms with van der Waals surface area (Å²) in [6.07, 6.45) is 1.45. The molecule has 154 valence electrons. The number of piperidine rings is 1. The van der Waals surface area contributed by atoms with E-state index in [1.54, 1.807) is 17.0 Å². The lowest BCUT2D eigenvalue weighted by Gasteiger charge is -2.39. The molecule has 1 aromatic carbocycles. The quantitative estimate of drug-likeness (QED) is 0.864. The normalized spacial score (nSPS) is 23.9. The van der Waals surface area contributed by atoms with Gasteiger partial charge in [0, 0.05) is 32.1 Å². The maximum absolute atomic E-state index is 12.9. The van der Waals surface area contributed by atoms with Crippen molar-refractivity contribution in [3.63, 3.8) is 0 Å². The number of amides is 2. The van der Waals surface area contributed by atoms with Crippen molar-refractivity contribution in [3.05, 3.63) is 29.3 Å². The average Bonchev–Trinajstić information content (AvgIpc) is 2.66. The van der Waals surface area contributed by atoms with Crippen LogP contribution in [-0.2, 0) is 9.53 Å². The summed E-state index contributed by atoms with van der Waals surface area (Å²) in [5.41, 5.74) is 1.34.